The molecule has 0 aliphatic rings. The van der Waals surface area contributed by atoms with Gasteiger partial charge in [-0.3, -0.25) is 9.89 Å². The number of imidazole rings is 1. The summed E-state index contributed by atoms with van der Waals surface area (Å²) in [6.45, 7) is 4.37. The van der Waals surface area contributed by atoms with Gasteiger partial charge in [-0.2, -0.15) is 5.10 Å². The Morgan fingerprint density at radius 2 is 2.26 bits per heavy atom. The van der Waals surface area contributed by atoms with Gasteiger partial charge in [0.25, 0.3) is 5.91 Å². The predicted molar refractivity (Wildman–Crippen MR) is 71.5 cm³/mol. The highest BCUT2D eigenvalue weighted by molar-refractivity contribution is 5.97. The molecule has 4 N–H and O–H groups in total. The van der Waals surface area contributed by atoms with Crippen molar-refractivity contribution < 1.29 is 4.79 Å². The van der Waals surface area contributed by atoms with Crippen molar-refractivity contribution in [3.8, 4) is 0 Å². The molecule has 0 spiro atoms. The third-order valence-corrected chi connectivity index (χ3v) is 2.90. The first-order chi connectivity index (χ1) is 9.00. The zero-order valence-electron chi connectivity index (χ0n) is 11.3. The number of hydrogen-bond acceptors (Lipinski definition) is 4. The smallest absolute Gasteiger partial charge is 0.276 e. The Bertz CT molecular complexity index is 557. The number of rotatable bonds is 4. The van der Waals surface area contributed by atoms with Gasteiger partial charge in [0, 0.05) is 19.4 Å². The molecule has 0 radical (unpaired) electrons. The van der Waals surface area contributed by atoms with E-state index in [1.165, 1.54) is 4.90 Å². The minimum atomic E-state index is -0.225. The number of aromatic nitrogens is 4. The number of carbonyl (C=O) groups is 1. The van der Waals surface area contributed by atoms with E-state index in [2.05, 4.69) is 20.2 Å². The lowest BCUT2D eigenvalue weighted by Crippen LogP contribution is -2.27. The van der Waals surface area contributed by atoms with Crippen LogP contribution in [0.4, 0.5) is 5.69 Å². The Morgan fingerprint density at radius 1 is 1.53 bits per heavy atom. The molecule has 2 heterocycles. The molecule has 0 aliphatic heterocycles. The quantitative estimate of drug-likeness (QED) is 0.767. The number of aromatic amines is 2. The second-order valence-corrected chi connectivity index (χ2v) is 4.75. The molecule has 0 saturated carbocycles. The normalized spacial score (nSPS) is 10.9. The molecule has 0 saturated heterocycles. The van der Waals surface area contributed by atoms with Crippen molar-refractivity contribution in [2.24, 2.45) is 0 Å². The van der Waals surface area contributed by atoms with E-state index in [4.69, 9.17) is 5.73 Å². The van der Waals surface area contributed by atoms with Crippen LogP contribution in [0.3, 0.4) is 0 Å². The first kappa shape index (κ1) is 13.1. The monoisotopic (exact) mass is 262 g/mol. The van der Waals surface area contributed by atoms with Crippen molar-refractivity contribution in [1.82, 2.24) is 25.1 Å². The molecule has 7 nitrogen and oxygen atoms in total. The lowest BCUT2D eigenvalue weighted by molar-refractivity contribution is 0.0777. The Morgan fingerprint density at radius 3 is 2.79 bits per heavy atom. The highest BCUT2D eigenvalue weighted by Gasteiger charge is 2.22. The topological polar surface area (TPSA) is 104 Å². The van der Waals surface area contributed by atoms with Crippen LogP contribution in [-0.2, 0) is 6.54 Å². The maximum absolute atomic E-state index is 12.2. The number of amides is 1. The summed E-state index contributed by atoms with van der Waals surface area (Å²) in [6.07, 6.45) is 3.36. The summed E-state index contributed by atoms with van der Waals surface area (Å²) in [5.74, 6) is 0.690. The molecule has 0 bridgehead atoms. The lowest BCUT2D eigenvalue weighted by atomic mass is 10.1. The molecular formula is C12H18N6O. The van der Waals surface area contributed by atoms with Gasteiger partial charge in [-0.15, -0.1) is 0 Å². The summed E-state index contributed by atoms with van der Waals surface area (Å²) in [6, 6.07) is 0. The number of nitrogen functional groups attached to an aromatic ring is 1. The maximum Gasteiger partial charge on any atom is 0.276 e. The average Bonchev–Trinajstić information content (AvgIpc) is 2.97. The highest BCUT2D eigenvalue weighted by Crippen LogP contribution is 2.22. The molecule has 1 amide bonds. The second-order valence-electron chi connectivity index (χ2n) is 4.75. The van der Waals surface area contributed by atoms with Crippen LogP contribution in [0.5, 0.6) is 0 Å². The van der Waals surface area contributed by atoms with E-state index in [-0.39, 0.29) is 17.5 Å². The van der Waals surface area contributed by atoms with Crippen LogP contribution in [0.15, 0.2) is 12.4 Å². The molecule has 7 heteroatoms. The lowest BCUT2D eigenvalue weighted by Gasteiger charge is -2.14. The van der Waals surface area contributed by atoms with E-state index >= 15 is 0 Å². The fourth-order valence-corrected chi connectivity index (χ4v) is 1.83. The summed E-state index contributed by atoms with van der Waals surface area (Å²) in [7, 11) is 1.69. The van der Waals surface area contributed by atoms with E-state index in [0.717, 1.165) is 5.69 Å². The average molecular weight is 262 g/mol. The fraction of sp³-hybridized carbons (Fsp3) is 0.417. The van der Waals surface area contributed by atoms with Crippen LogP contribution in [0, 0.1) is 0 Å². The van der Waals surface area contributed by atoms with E-state index in [0.29, 0.717) is 18.1 Å². The molecule has 0 aromatic carbocycles. The standard InChI is InChI=1S/C12H18N6O/c1-7(2)10-9(13)11(17-16-10)12(19)18(3)6-8-14-4-5-15-8/h4-5,7H,6,13H2,1-3H3,(H,14,15)(H,16,17). The van der Waals surface area contributed by atoms with Crippen LogP contribution in [0.2, 0.25) is 0 Å². The zero-order chi connectivity index (χ0) is 14.0. The first-order valence-corrected chi connectivity index (χ1v) is 6.08. The van der Waals surface area contributed by atoms with Gasteiger partial charge in [-0.05, 0) is 5.92 Å². The minimum absolute atomic E-state index is 0.199. The van der Waals surface area contributed by atoms with Gasteiger partial charge in [0.05, 0.1) is 17.9 Å². The number of carbonyl (C=O) groups excluding carboxylic acids is 1. The predicted octanol–water partition coefficient (Wildman–Crippen LogP) is 1.11. The van der Waals surface area contributed by atoms with Crippen molar-refractivity contribution in [1.29, 1.82) is 0 Å². The Balaban J connectivity index is 2.15. The van der Waals surface area contributed by atoms with Crippen LogP contribution in [0.1, 0.15) is 41.8 Å². The molecule has 0 unspecified atom stereocenters. The van der Waals surface area contributed by atoms with Crippen molar-refractivity contribution >= 4 is 11.6 Å². The molecular weight excluding hydrogens is 244 g/mol. The summed E-state index contributed by atoms with van der Waals surface area (Å²) >= 11 is 0. The summed E-state index contributed by atoms with van der Waals surface area (Å²) < 4.78 is 0. The Hall–Kier alpha value is -2.31. The summed E-state index contributed by atoms with van der Waals surface area (Å²) in [5.41, 5.74) is 7.42. The number of nitrogens with two attached hydrogens (primary N) is 1. The molecule has 102 valence electrons. The van der Waals surface area contributed by atoms with Gasteiger partial charge >= 0.3 is 0 Å². The number of nitrogens with one attached hydrogen (secondary N) is 2. The van der Waals surface area contributed by atoms with Crippen molar-refractivity contribution in [2.75, 3.05) is 12.8 Å². The third kappa shape index (κ3) is 2.59. The van der Waals surface area contributed by atoms with Crippen LogP contribution >= 0.6 is 0 Å². The van der Waals surface area contributed by atoms with Crippen molar-refractivity contribution in [3.63, 3.8) is 0 Å². The first-order valence-electron chi connectivity index (χ1n) is 6.08. The number of anilines is 1. The van der Waals surface area contributed by atoms with E-state index in [1.54, 1.807) is 19.4 Å². The molecule has 2 aromatic rings. The van der Waals surface area contributed by atoms with Crippen LogP contribution in [0.25, 0.3) is 0 Å². The van der Waals surface area contributed by atoms with Crippen LogP contribution < -0.4 is 5.73 Å². The largest absolute Gasteiger partial charge is 0.395 e. The number of hydrogen-bond donors (Lipinski definition) is 3. The number of nitrogens with zero attached hydrogens (tertiary/aromatic N) is 3. The van der Waals surface area contributed by atoms with Crippen LogP contribution in [-0.4, -0.2) is 38.0 Å². The zero-order valence-corrected chi connectivity index (χ0v) is 11.3. The second kappa shape index (κ2) is 5.13. The Labute approximate surface area is 111 Å². The summed E-state index contributed by atoms with van der Waals surface area (Å²) in [5, 5.41) is 6.84. The van der Waals surface area contributed by atoms with Gasteiger partial charge in [0.15, 0.2) is 5.69 Å². The van der Waals surface area contributed by atoms with Gasteiger partial charge in [-0.1, -0.05) is 13.8 Å². The van der Waals surface area contributed by atoms with E-state index in [9.17, 15) is 4.79 Å². The van der Waals surface area contributed by atoms with Gasteiger partial charge in [-0.25, -0.2) is 4.98 Å². The molecule has 19 heavy (non-hydrogen) atoms. The molecule has 0 fully saturated rings. The molecule has 0 atom stereocenters. The van der Waals surface area contributed by atoms with Crippen molar-refractivity contribution in [2.45, 2.75) is 26.3 Å². The van der Waals surface area contributed by atoms with Gasteiger partial charge in [0.2, 0.25) is 0 Å². The Kier molecular flexibility index (Phi) is 3.55. The fourth-order valence-electron chi connectivity index (χ4n) is 1.83. The van der Waals surface area contributed by atoms with Crippen molar-refractivity contribution in [3.05, 3.63) is 29.6 Å². The summed E-state index contributed by atoms with van der Waals surface area (Å²) in [4.78, 5) is 20.8. The molecule has 2 aromatic heterocycles. The minimum Gasteiger partial charge on any atom is -0.395 e. The third-order valence-electron chi connectivity index (χ3n) is 2.90. The molecule has 2 rings (SSSR count). The number of H-pyrrole nitrogens is 2. The van der Waals surface area contributed by atoms with Gasteiger partial charge < -0.3 is 15.6 Å². The highest BCUT2D eigenvalue weighted by atomic mass is 16.2. The van der Waals surface area contributed by atoms with Gasteiger partial charge in [0.1, 0.15) is 5.82 Å². The SMILES string of the molecule is CC(C)c1[nH]nc(C(=O)N(C)Cc2ncc[nH]2)c1N. The van der Waals surface area contributed by atoms with E-state index < -0.39 is 0 Å². The maximum atomic E-state index is 12.2. The van der Waals surface area contributed by atoms with E-state index in [1.807, 2.05) is 13.8 Å². The molecule has 0 aliphatic carbocycles.